The van der Waals surface area contributed by atoms with Gasteiger partial charge in [0.1, 0.15) is 0 Å². The van der Waals surface area contributed by atoms with E-state index >= 15 is 0 Å². The number of nitrogens with two attached hydrogens (primary N) is 1. The Morgan fingerprint density at radius 3 is 2.44 bits per heavy atom. The molecule has 3 rings (SSSR count). The van der Waals surface area contributed by atoms with Crippen molar-refractivity contribution in [1.82, 2.24) is 14.9 Å². The zero-order chi connectivity index (χ0) is 19.4. The zero-order valence-corrected chi connectivity index (χ0v) is 15.9. The fourth-order valence-corrected chi connectivity index (χ4v) is 5.55. The summed E-state index contributed by atoms with van der Waals surface area (Å²) in [6, 6.07) is -0.365. The number of esters is 1. The molecule has 9 nitrogen and oxygen atoms in total. The second-order valence-electron chi connectivity index (χ2n) is 7.02. The third-order valence-electron chi connectivity index (χ3n) is 5.10. The first-order chi connectivity index (χ1) is 12.9. The Kier molecular flexibility index (Phi) is 5.93. The van der Waals surface area contributed by atoms with Gasteiger partial charge in [0.2, 0.25) is 0 Å². The van der Waals surface area contributed by atoms with E-state index in [9.17, 15) is 18.0 Å². The summed E-state index contributed by atoms with van der Waals surface area (Å²) in [5.41, 5.74) is 5.46. The van der Waals surface area contributed by atoms with E-state index in [1.54, 1.807) is 4.90 Å². The lowest BCUT2D eigenvalue weighted by Crippen LogP contribution is -2.50. The second-order valence-corrected chi connectivity index (χ2v) is 9.24. The van der Waals surface area contributed by atoms with Crippen LogP contribution in [0.15, 0.2) is 12.4 Å². The Bertz CT molecular complexity index is 807. The number of amides is 1. The van der Waals surface area contributed by atoms with E-state index in [1.807, 2.05) is 0 Å². The predicted molar refractivity (Wildman–Crippen MR) is 97.5 cm³/mol. The molecule has 0 aromatic carbocycles. The number of nitrogens with zero attached hydrogens (tertiary/aromatic N) is 3. The molecule has 0 bridgehead atoms. The number of hydrogen-bond acceptors (Lipinski definition) is 8. The molecule has 2 fully saturated rings. The van der Waals surface area contributed by atoms with Crippen molar-refractivity contribution >= 4 is 27.5 Å². The minimum atomic E-state index is -3.13. The van der Waals surface area contributed by atoms with Crippen molar-refractivity contribution in [2.75, 3.05) is 23.8 Å². The molecular formula is C17H24N4O5S. The van der Waals surface area contributed by atoms with Crippen LogP contribution in [0.4, 0.5) is 5.82 Å². The Hall–Kier alpha value is -2.23. The van der Waals surface area contributed by atoms with Crippen LogP contribution in [-0.2, 0) is 19.4 Å². The van der Waals surface area contributed by atoms with Crippen molar-refractivity contribution in [2.45, 2.75) is 50.6 Å². The van der Waals surface area contributed by atoms with Gasteiger partial charge in [-0.1, -0.05) is 19.3 Å². The Morgan fingerprint density at radius 2 is 1.81 bits per heavy atom. The van der Waals surface area contributed by atoms with Crippen molar-refractivity contribution in [1.29, 1.82) is 0 Å². The van der Waals surface area contributed by atoms with Gasteiger partial charge in [0.15, 0.2) is 28.0 Å². The van der Waals surface area contributed by atoms with Gasteiger partial charge in [0.25, 0.3) is 5.91 Å². The quantitative estimate of drug-likeness (QED) is 0.714. The molecule has 1 saturated heterocycles. The van der Waals surface area contributed by atoms with Crippen LogP contribution >= 0.6 is 0 Å². The molecule has 0 unspecified atom stereocenters. The first kappa shape index (κ1) is 19.5. The number of nitrogen functional groups attached to an aromatic ring is 1. The standard InChI is InChI=1S/C17H24N4O5S/c18-16-15(19-7-8-20-16)17(23)26-10-14(22)21(12-4-2-1-3-5-12)13-6-9-27(24,25)11-13/h7-8,12-13H,1-6,9-11H2,(H2,18,20)/t13-/m0/s1. The predicted octanol–water partition coefficient (Wildman–Crippen LogP) is 0.564. The average Bonchev–Trinajstić information content (AvgIpc) is 3.00. The number of anilines is 1. The second kappa shape index (κ2) is 8.20. The molecule has 1 amide bonds. The lowest BCUT2D eigenvalue weighted by molar-refractivity contribution is -0.140. The molecule has 1 atom stereocenters. The summed E-state index contributed by atoms with van der Waals surface area (Å²) < 4.78 is 28.9. The van der Waals surface area contributed by atoms with Crippen molar-refractivity contribution < 1.29 is 22.7 Å². The van der Waals surface area contributed by atoms with E-state index < -0.39 is 22.4 Å². The van der Waals surface area contributed by atoms with Crippen LogP contribution in [0.25, 0.3) is 0 Å². The van der Waals surface area contributed by atoms with E-state index in [2.05, 4.69) is 9.97 Å². The van der Waals surface area contributed by atoms with Crippen LogP contribution in [0, 0.1) is 0 Å². The number of aromatic nitrogens is 2. The highest BCUT2D eigenvalue weighted by Gasteiger charge is 2.38. The van der Waals surface area contributed by atoms with Gasteiger partial charge < -0.3 is 15.4 Å². The minimum Gasteiger partial charge on any atom is -0.451 e. The maximum atomic E-state index is 12.8. The molecule has 1 aliphatic heterocycles. The minimum absolute atomic E-state index is 0.00941. The summed E-state index contributed by atoms with van der Waals surface area (Å²) >= 11 is 0. The molecule has 1 aromatic heterocycles. The van der Waals surface area contributed by atoms with Crippen molar-refractivity contribution in [2.24, 2.45) is 0 Å². The zero-order valence-electron chi connectivity index (χ0n) is 15.0. The van der Waals surface area contributed by atoms with Crippen molar-refractivity contribution in [3.05, 3.63) is 18.1 Å². The molecule has 148 valence electrons. The molecular weight excluding hydrogens is 372 g/mol. The normalized spacial score (nSPS) is 22.3. The van der Waals surface area contributed by atoms with Gasteiger partial charge in [0, 0.05) is 24.5 Å². The van der Waals surface area contributed by atoms with Crippen LogP contribution in [-0.4, -0.2) is 65.4 Å². The SMILES string of the molecule is Nc1nccnc1C(=O)OCC(=O)N(C1CCCCC1)[C@H]1CCS(=O)(=O)C1. The molecule has 1 aliphatic carbocycles. The molecule has 27 heavy (non-hydrogen) atoms. The van der Waals surface area contributed by atoms with Crippen molar-refractivity contribution in [3.8, 4) is 0 Å². The Balaban J connectivity index is 1.69. The van der Waals surface area contributed by atoms with Gasteiger partial charge >= 0.3 is 5.97 Å². The molecule has 0 spiro atoms. The number of ether oxygens (including phenoxy) is 1. The highest BCUT2D eigenvalue weighted by atomic mass is 32.2. The van der Waals surface area contributed by atoms with E-state index in [0.29, 0.717) is 6.42 Å². The summed E-state index contributed by atoms with van der Waals surface area (Å²) in [7, 11) is -3.13. The number of carbonyl (C=O) groups is 2. The van der Waals surface area contributed by atoms with E-state index in [0.717, 1.165) is 32.1 Å². The van der Waals surface area contributed by atoms with Gasteiger partial charge in [0.05, 0.1) is 11.5 Å². The summed E-state index contributed by atoms with van der Waals surface area (Å²) in [4.78, 5) is 34.2. The maximum Gasteiger partial charge on any atom is 0.361 e. The first-order valence-corrected chi connectivity index (χ1v) is 10.9. The first-order valence-electron chi connectivity index (χ1n) is 9.12. The van der Waals surface area contributed by atoms with Gasteiger partial charge in [-0.25, -0.2) is 23.2 Å². The van der Waals surface area contributed by atoms with E-state index in [4.69, 9.17) is 10.5 Å². The van der Waals surface area contributed by atoms with Crippen molar-refractivity contribution in [3.63, 3.8) is 0 Å². The molecule has 2 N–H and O–H groups in total. The summed E-state index contributed by atoms with van der Waals surface area (Å²) in [6.07, 6.45) is 7.89. The average molecular weight is 396 g/mol. The number of rotatable bonds is 5. The summed E-state index contributed by atoms with van der Waals surface area (Å²) in [5, 5.41) is 0. The van der Waals surface area contributed by atoms with Gasteiger partial charge in [-0.2, -0.15) is 0 Å². The molecule has 0 radical (unpaired) electrons. The highest BCUT2D eigenvalue weighted by molar-refractivity contribution is 7.91. The largest absolute Gasteiger partial charge is 0.451 e. The third kappa shape index (κ3) is 4.74. The highest BCUT2D eigenvalue weighted by Crippen LogP contribution is 2.28. The Labute approximate surface area is 158 Å². The number of carbonyl (C=O) groups excluding carboxylic acids is 2. The molecule has 2 aliphatic rings. The molecule has 1 saturated carbocycles. The topological polar surface area (TPSA) is 133 Å². The van der Waals surface area contributed by atoms with Gasteiger partial charge in [-0.3, -0.25) is 4.79 Å². The molecule has 2 heterocycles. The van der Waals surface area contributed by atoms with Gasteiger partial charge in [-0.15, -0.1) is 0 Å². The lowest BCUT2D eigenvalue weighted by atomic mass is 9.93. The Morgan fingerprint density at radius 1 is 1.11 bits per heavy atom. The van der Waals surface area contributed by atoms with Crippen LogP contribution in [0.2, 0.25) is 0 Å². The summed E-state index contributed by atoms with van der Waals surface area (Å²) in [5.74, 6) is -1.21. The lowest BCUT2D eigenvalue weighted by Gasteiger charge is -2.38. The smallest absolute Gasteiger partial charge is 0.361 e. The molecule has 10 heteroatoms. The van der Waals surface area contributed by atoms with Crippen LogP contribution in [0.1, 0.15) is 49.0 Å². The third-order valence-corrected chi connectivity index (χ3v) is 6.85. The monoisotopic (exact) mass is 396 g/mol. The van der Waals surface area contributed by atoms with E-state index in [1.165, 1.54) is 12.4 Å². The van der Waals surface area contributed by atoms with Crippen LogP contribution in [0.5, 0.6) is 0 Å². The van der Waals surface area contributed by atoms with E-state index in [-0.39, 0.29) is 41.0 Å². The maximum absolute atomic E-state index is 12.8. The fourth-order valence-electron chi connectivity index (χ4n) is 3.84. The molecule has 1 aromatic rings. The van der Waals surface area contributed by atoms with Crippen LogP contribution < -0.4 is 5.73 Å². The fraction of sp³-hybridized carbons (Fsp3) is 0.647. The summed E-state index contributed by atoms with van der Waals surface area (Å²) in [6.45, 7) is -0.470. The van der Waals surface area contributed by atoms with Crippen LogP contribution in [0.3, 0.4) is 0 Å². The van der Waals surface area contributed by atoms with Gasteiger partial charge in [-0.05, 0) is 19.3 Å². The number of sulfone groups is 1. The number of hydrogen-bond donors (Lipinski definition) is 1.